The van der Waals surface area contributed by atoms with Gasteiger partial charge < -0.3 is 10.2 Å². The Hall–Kier alpha value is -2.69. The molecule has 4 rings (SSSR count). The second kappa shape index (κ2) is 10.3. The highest BCUT2D eigenvalue weighted by Gasteiger charge is 2.23. The van der Waals surface area contributed by atoms with Gasteiger partial charge in [-0.15, -0.1) is 11.3 Å². The maximum atomic E-state index is 12.6. The molecule has 0 spiro atoms. The van der Waals surface area contributed by atoms with Gasteiger partial charge in [0.25, 0.3) is 0 Å². The van der Waals surface area contributed by atoms with Crippen LogP contribution in [0.2, 0.25) is 0 Å². The third-order valence-electron chi connectivity index (χ3n) is 6.39. The molecule has 2 aromatic rings. The van der Waals surface area contributed by atoms with Gasteiger partial charge in [0.15, 0.2) is 0 Å². The molecule has 1 N–H and O–H groups in total. The van der Waals surface area contributed by atoms with Crippen LogP contribution in [0.25, 0.3) is 0 Å². The summed E-state index contributed by atoms with van der Waals surface area (Å²) in [6, 6.07) is 10.4. The molecular weight excluding hydrogens is 420 g/mol. The second-order valence-electron chi connectivity index (χ2n) is 8.71. The zero-order valence-electron chi connectivity index (χ0n) is 18.7. The zero-order valence-corrected chi connectivity index (χ0v) is 19.5. The average Bonchev–Trinajstić information content (AvgIpc) is 3.16. The van der Waals surface area contributed by atoms with Crippen molar-refractivity contribution in [1.82, 2.24) is 9.80 Å². The number of nitrogens with one attached hydrogen (secondary N) is 1. The van der Waals surface area contributed by atoms with Crippen LogP contribution in [-0.4, -0.2) is 54.3 Å². The summed E-state index contributed by atoms with van der Waals surface area (Å²) in [4.78, 5) is 30.5. The smallest absolute Gasteiger partial charge is 0.227 e. The first-order valence-corrected chi connectivity index (χ1v) is 12.3. The van der Waals surface area contributed by atoms with E-state index in [9.17, 15) is 14.9 Å². The Bertz CT molecular complexity index is 1010. The van der Waals surface area contributed by atoms with Crippen molar-refractivity contribution in [2.75, 3.05) is 38.0 Å². The van der Waals surface area contributed by atoms with Gasteiger partial charge >= 0.3 is 0 Å². The molecule has 7 heteroatoms. The predicted molar refractivity (Wildman–Crippen MR) is 127 cm³/mol. The summed E-state index contributed by atoms with van der Waals surface area (Å²) < 4.78 is 0. The number of carbonyl (C=O) groups is 2. The number of thiophene rings is 1. The molecule has 0 atom stereocenters. The number of amides is 2. The van der Waals surface area contributed by atoms with Crippen molar-refractivity contribution in [2.24, 2.45) is 0 Å². The Morgan fingerprint density at radius 2 is 1.81 bits per heavy atom. The molecule has 1 aliphatic heterocycles. The van der Waals surface area contributed by atoms with Crippen molar-refractivity contribution in [3.63, 3.8) is 0 Å². The number of aryl methyl sites for hydroxylation is 2. The fourth-order valence-corrected chi connectivity index (χ4v) is 5.69. The van der Waals surface area contributed by atoms with Crippen LogP contribution < -0.4 is 5.32 Å². The summed E-state index contributed by atoms with van der Waals surface area (Å²) >= 11 is 1.57. The van der Waals surface area contributed by atoms with E-state index < -0.39 is 0 Å². The lowest BCUT2D eigenvalue weighted by Crippen LogP contribution is -2.49. The highest BCUT2D eigenvalue weighted by atomic mass is 32.1. The van der Waals surface area contributed by atoms with Gasteiger partial charge in [0.1, 0.15) is 11.1 Å². The Morgan fingerprint density at radius 1 is 1.09 bits per heavy atom. The number of nitrogens with zero attached hydrogens (tertiary/aromatic N) is 3. The monoisotopic (exact) mass is 450 g/mol. The van der Waals surface area contributed by atoms with Gasteiger partial charge in [0.2, 0.25) is 11.8 Å². The lowest BCUT2D eigenvalue weighted by atomic mass is 9.96. The van der Waals surface area contributed by atoms with Crippen LogP contribution in [0.15, 0.2) is 24.3 Å². The molecule has 2 aliphatic rings. The third-order valence-corrected chi connectivity index (χ3v) is 7.60. The summed E-state index contributed by atoms with van der Waals surface area (Å²) in [5.74, 6) is 0.120. The SMILES string of the molecule is Cc1ccc(CC(=O)N2CCN(CCC(=O)Nc3sc4c(c3C#N)CCCC4)CC2)cc1. The van der Waals surface area contributed by atoms with Gasteiger partial charge in [-0.2, -0.15) is 5.26 Å². The number of benzene rings is 1. The van der Waals surface area contributed by atoms with Gasteiger partial charge in [-0.3, -0.25) is 14.5 Å². The molecule has 1 aromatic carbocycles. The van der Waals surface area contributed by atoms with E-state index in [1.807, 2.05) is 36.1 Å². The van der Waals surface area contributed by atoms with E-state index in [4.69, 9.17) is 0 Å². The molecule has 32 heavy (non-hydrogen) atoms. The largest absolute Gasteiger partial charge is 0.340 e. The van der Waals surface area contributed by atoms with Crippen LogP contribution in [0.4, 0.5) is 5.00 Å². The maximum absolute atomic E-state index is 12.6. The molecule has 2 heterocycles. The van der Waals surface area contributed by atoms with Gasteiger partial charge in [-0.1, -0.05) is 29.8 Å². The van der Waals surface area contributed by atoms with E-state index in [1.54, 1.807) is 11.3 Å². The summed E-state index contributed by atoms with van der Waals surface area (Å²) in [5, 5.41) is 13.3. The van der Waals surface area contributed by atoms with Crippen LogP contribution in [0.1, 0.15) is 46.4 Å². The summed E-state index contributed by atoms with van der Waals surface area (Å²) in [6.07, 6.45) is 5.06. The van der Waals surface area contributed by atoms with E-state index in [0.29, 0.717) is 38.0 Å². The molecule has 1 fully saturated rings. The van der Waals surface area contributed by atoms with Crippen LogP contribution >= 0.6 is 11.3 Å². The zero-order chi connectivity index (χ0) is 22.5. The number of nitriles is 1. The first kappa shape index (κ1) is 22.5. The Labute approximate surface area is 193 Å². The van der Waals surface area contributed by atoms with Crippen LogP contribution in [0.5, 0.6) is 0 Å². The molecule has 0 saturated carbocycles. The fourth-order valence-electron chi connectivity index (χ4n) is 4.43. The van der Waals surface area contributed by atoms with Gasteiger partial charge in [0, 0.05) is 44.0 Å². The first-order chi connectivity index (χ1) is 15.5. The third kappa shape index (κ3) is 5.37. The van der Waals surface area contributed by atoms with E-state index >= 15 is 0 Å². The molecule has 2 amide bonds. The Kier molecular flexibility index (Phi) is 7.23. The van der Waals surface area contributed by atoms with Crippen molar-refractivity contribution >= 4 is 28.2 Å². The molecule has 0 unspecified atom stereocenters. The number of anilines is 1. The molecule has 1 aromatic heterocycles. The highest BCUT2D eigenvalue weighted by Crippen LogP contribution is 2.37. The minimum Gasteiger partial charge on any atom is -0.340 e. The number of piperazine rings is 1. The lowest BCUT2D eigenvalue weighted by molar-refractivity contribution is -0.132. The number of carbonyl (C=O) groups excluding carboxylic acids is 2. The van der Waals surface area contributed by atoms with Gasteiger partial charge in [0.05, 0.1) is 12.0 Å². The average molecular weight is 451 g/mol. The van der Waals surface area contributed by atoms with Gasteiger partial charge in [-0.05, 0) is 43.7 Å². The first-order valence-electron chi connectivity index (χ1n) is 11.4. The van der Waals surface area contributed by atoms with E-state index in [2.05, 4.69) is 16.3 Å². The topological polar surface area (TPSA) is 76.4 Å². The summed E-state index contributed by atoms with van der Waals surface area (Å²) in [6.45, 7) is 5.67. The van der Waals surface area contributed by atoms with Crippen molar-refractivity contribution in [3.8, 4) is 6.07 Å². The molecular formula is C25H30N4O2S. The van der Waals surface area contributed by atoms with Crippen molar-refractivity contribution in [1.29, 1.82) is 5.26 Å². The normalized spacial score (nSPS) is 16.3. The number of hydrogen-bond acceptors (Lipinski definition) is 5. The van der Waals surface area contributed by atoms with Gasteiger partial charge in [-0.25, -0.2) is 0 Å². The van der Waals surface area contributed by atoms with Crippen LogP contribution in [-0.2, 0) is 28.9 Å². The number of rotatable bonds is 6. The number of fused-ring (bicyclic) bond motifs is 1. The highest BCUT2D eigenvalue weighted by molar-refractivity contribution is 7.16. The summed E-state index contributed by atoms with van der Waals surface area (Å²) in [7, 11) is 0. The van der Waals surface area contributed by atoms with Crippen LogP contribution in [0.3, 0.4) is 0 Å². The molecule has 6 nitrogen and oxygen atoms in total. The quantitative estimate of drug-likeness (QED) is 0.731. The molecule has 1 aliphatic carbocycles. The fraction of sp³-hybridized carbons (Fsp3) is 0.480. The Morgan fingerprint density at radius 3 is 2.53 bits per heavy atom. The molecule has 1 saturated heterocycles. The van der Waals surface area contributed by atoms with E-state index in [0.717, 1.165) is 54.9 Å². The van der Waals surface area contributed by atoms with E-state index in [-0.39, 0.29) is 11.8 Å². The standard InChI is InChI=1S/C25H30N4O2S/c1-18-6-8-19(9-7-18)16-24(31)29-14-12-28(13-15-29)11-10-23(30)27-25-21(17-26)20-4-2-3-5-22(20)32-25/h6-9H,2-5,10-16H2,1H3,(H,27,30). The van der Waals surface area contributed by atoms with Crippen molar-refractivity contribution < 1.29 is 9.59 Å². The van der Waals surface area contributed by atoms with Crippen molar-refractivity contribution in [3.05, 3.63) is 51.4 Å². The molecule has 168 valence electrons. The van der Waals surface area contributed by atoms with E-state index in [1.165, 1.54) is 10.4 Å². The Balaban J connectivity index is 1.22. The lowest BCUT2D eigenvalue weighted by Gasteiger charge is -2.34. The predicted octanol–water partition coefficient (Wildman–Crippen LogP) is 3.52. The molecule has 0 radical (unpaired) electrons. The number of hydrogen-bond donors (Lipinski definition) is 1. The minimum atomic E-state index is -0.0435. The maximum Gasteiger partial charge on any atom is 0.227 e. The minimum absolute atomic E-state index is 0.0435. The second-order valence-corrected chi connectivity index (χ2v) is 9.81. The summed E-state index contributed by atoms with van der Waals surface area (Å²) in [5.41, 5.74) is 4.05. The van der Waals surface area contributed by atoms with Crippen molar-refractivity contribution in [2.45, 2.75) is 45.4 Å². The molecule has 0 bridgehead atoms. The van der Waals surface area contributed by atoms with Crippen LogP contribution in [0, 0.1) is 18.3 Å².